The van der Waals surface area contributed by atoms with Crippen LogP contribution >= 0.6 is 11.6 Å². The zero-order valence-electron chi connectivity index (χ0n) is 20.1. The lowest BCUT2D eigenvalue weighted by atomic mass is 9.99. The van der Waals surface area contributed by atoms with Gasteiger partial charge in [-0.05, 0) is 36.8 Å². The topological polar surface area (TPSA) is 67.1 Å². The zero-order chi connectivity index (χ0) is 24.9. The number of rotatable bonds is 8. The fraction of sp³-hybridized carbons (Fsp3) is 0.296. The number of aromatic nitrogens is 1. The lowest BCUT2D eigenvalue weighted by Crippen LogP contribution is -2.42. The van der Waals surface area contributed by atoms with Crippen LogP contribution in [0.2, 0.25) is 5.02 Å². The van der Waals surface area contributed by atoms with Crippen molar-refractivity contribution in [2.75, 3.05) is 26.8 Å². The first-order valence-corrected chi connectivity index (χ1v) is 11.9. The molecule has 0 N–H and O–H groups in total. The number of aryl methyl sites for hydroxylation is 2. The molecule has 1 aromatic heterocycles. The predicted molar refractivity (Wildman–Crippen MR) is 137 cm³/mol. The summed E-state index contributed by atoms with van der Waals surface area (Å²) in [6.45, 7) is 2.44. The second kappa shape index (κ2) is 10.9. The number of methoxy groups -OCH3 is 1. The minimum absolute atomic E-state index is 0.139. The first-order valence-electron chi connectivity index (χ1n) is 11.5. The highest BCUT2D eigenvalue weighted by atomic mass is 35.5. The van der Waals surface area contributed by atoms with Gasteiger partial charge in [0.05, 0.1) is 34.6 Å². The molecule has 0 unspecified atom stereocenters. The lowest BCUT2D eigenvalue weighted by Gasteiger charge is -2.27. The van der Waals surface area contributed by atoms with Gasteiger partial charge < -0.3 is 14.2 Å². The molecule has 0 saturated carbocycles. The summed E-state index contributed by atoms with van der Waals surface area (Å²) >= 11 is 6.27. The second-order valence-corrected chi connectivity index (χ2v) is 9.03. The van der Waals surface area contributed by atoms with Crippen LogP contribution in [0.3, 0.4) is 0 Å². The van der Waals surface area contributed by atoms with Gasteiger partial charge in [-0.1, -0.05) is 53.6 Å². The van der Waals surface area contributed by atoms with Crippen LogP contribution in [0.1, 0.15) is 39.6 Å². The summed E-state index contributed by atoms with van der Waals surface area (Å²) in [6.07, 6.45) is 2.54. The van der Waals surface area contributed by atoms with Crippen molar-refractivity contribution in [2.24, 2.45) is 12.1 Å². The van der Waals surface area contributed by atoms with E-state index in [9.17, 15) is 9.59 Å². The summed E-state index contributed by atoms with van der Waals surface area (Å²) in [7, 11) is 3.52. The molecule has 4 rings (SSSR count). The quantitative estimate of drug-likeness (QED) is 0.466. The third-order valence-electron chi connectivity index (χ3n) is 6.15. The molecule has 0 fully saturated rings. The van der Waals surface area contributed by atoms with Crippen molar-refractivity contribution >= 4 is 29.1 Å². The Morgan fingerprint density at radius 1 is 1.11 bits per heavy atom. The smallest absolute Gasteiger partial charge is 0.262 e. The molecule has 0 saturated heterocycles. The number of hydrogen-bond acceptors (Lipinski definition) is 4. The largest absolute Gasteiger partial charge is 0.383 e. The van der Waals surface area contributed by atoms with Crippen LogP contribution in [-0.4, -0.2) is 58.8 Å². The van der Waals surface area contributed by atoms with Crippen molar-refractivity contribution in [2.45, 2.75) is 19.4 Å². The van der Waals surface area contributed by atoms with Gasteiger partial charge in [0.1, 0.15) is 6.54 Å². The second-order valence-electron chi connectivity index (χ2n) is 8.62. The minimum Gasteiger partial charge on any atom is -0.383 e. The summed E-state index contributed by atoms with van der Waals surface area (Å²) in [5, 5.41) is 6.60. The van der Waals surface area contributed by atoms with Gasteiger partial charge >= 0.3 is 0 Å². The molecule has 8 heteroatoms. The average Bonchev–Trinajstić information content (AvgIpc) is 3.48. The first-order chi connectivity index (χ1) is 16.9. The zero-order valence-corrected chi connectivity index (χ0v) is 20.9. The van der Waals surface area contributed by atoms with E-state index in [4.69, 9.17) is 21.4 Å². The highest BCUT2D eigenvalue weighted by Gasteiger charge is 2.35. The number of benzene rings is 2. The summed E-state index contributed by atoms with van der Waals surface area (Å²) in [5.41, 5.74) is 4.28. The lowest BCUT2D eigenvalue weighted by molar-refractivity contribution is -0.133. The van der Waals surface area contributed by atoms with Gasteiger partial charge in [-0.15, -0.1) is 0 Å². The maximum atomic E-state index is 13.6. The third kappa shape index (κ3) is 5.47. The van der Waals surface area contributed by atoms with Crippen LogP contribution < -0.4 is 0 Å². The Labute approximate surface area is 210 Å². The van der Waals surface area contributed by atoms with Gasteiger partial charge in [0.2, 0.25) is 0 Å². The Kier molecular flexibility index (Phi) is 7.68. The fourth-order valence-electron chi connectivity index (χ4n) is 4.20. The molecule has 2 amide bonds. The average molecular weight is 493 g/mol. The van der Waals surface area contributed by atoms with E-state index in [2.05, 4.69) is 0 Å². The molecule has 3 aromatic rings. The van der Waals surface area contributed by atoms with Crippen LogP contribution in [-0.2, 0) is 16.6 Å². The Morgan fingerprint density at radius 3 is 2.51 bits per heavy atom. The number of carbonyl (C=O) groups is 2. The molecule has 1 atom stereocenters. The fourth-order valence-corrected chi connectivity index (χ4v) is 4.42. The summed E-state index contributed by atoms with van der Waals surface area (Å²) in [4.78, 5) is 28.4. The van der Waals surface area contributed by atoms with Crippen molar-refractivity contribution in [3.8, 4) is 0 Å². The van der Waals surface area contributed by atoms with E-state index < -0.39 is 0 Å². The number of halogens is 1. The first kappa shape index (κ1) is 24.7. The number of hydrogen-bond donors (Lipinski definition) is 0. The summed E-state index contributed by atoms with van der Waals surface area (Å²) < 4.78 is 7.19. The van der Waals surface area contributed by atoms with Crippen LogP contribution in [0, 0.1) is 6.92 Å². The Hall–Kier alpha value is -3.42. The number of ether oxygens (including phenoxy) is 1. The van der Waals surface area contributed by atoms with Crippen molar-refractivity contribution in [1.29, 1.82) is 0 Å². The van der Waals surface area contributed by atoms with E-state index in [1.165, 1.54) is 9.91 Å². The molecule has 1 aliphatic heterocycles. The normalized spacial score (nSPS) is 15.3. The highest BCUT2D eigenvalue weighted by molar-refractivity contribution is 6.33. The highest BCUT2D eigenvalue weighted by Crippen LogP contribution is 2.33. The van der Waals surface area contributed by atoms with E-state index >= 15 is 0 Å². The number of amides is 2. The molecule has 35 heavy (non-hydrogen) atoms. The van der Waals surface area contributed by atoms with Crippen LogP contribution in [0.4, 0.5) is 0 Å². The third-order valence-corrected chi connectivity index (χ3v) is 6.48. The number of carbonyl (C=O) groups excluding carboxylic acids is 2. The molecule has 0 bridgehead atoms. The minimum atomic E-state index is -0.321. The van der Waals surface area contributed by atoms with E-state index in [0.717, 1.165) is 22.5 Å². The van der Waals surface area contributed by atoms with Gasteiger partial charge in [0, 0.05) is 33.3 Å². The SMILES string of the molecule is COCCN(CC(=O)N1N=C(c2cccn2C)C[C@@H]1c1ccc(C)cc1)C(=O)c1ccccc1Cl. The van der Waals surface area contributed by atoms with Crippen LogP contribution in [0.15, 0.2) is 72.0 Å². The van der Waals surface area contributed by atoms with Gasteiger partial charge in [-0.2, -0.15) is 5.10 Å². The molecular formula is C27H29ClN4O3. The van der Waals surface area contributed by atoms with Crippen molar-refractivity contribution in [1.82, 2.24) is 14.5 Å². The van der Waals surface area contributed by atoms with Crippen LogP contribution in [0.25, 0.3) is 0 Å². The van der Waals surface area contributed by atoms with Crippen molar-refractivity contribution < 1.29 is 14.3 Å². The van der Waals surface area contributed by atoms with Gasteiger partial charge in [-0.3, -0.25) is 9.59 Å². The maximum Gasteiger partial charge on any atom is 0.262 e. The van der Waals surface area contributed by atoms with E-state index in [-0.39, 0.29) is 30.9 Å². The van der Waals surface area contributed by atoms with Crippen molar-refractivity contribution in [3.05, 3.63) is 94.3 Å². The number of nitrogens with zero attached hydrogens (tertiary/aromatic N) is 4. The van der Waals surface area contributed by atoms with Crippen molar-refractivity contribution in [3.63, 3.8) is 0 Å². The molecule has 0 spiro atoms. The summed E-state index contributed by atoms with van der Waals surface area (Å²) in [5.74, 6) is -0.588. The molecule has 0 aliphatic carbocycles. The number of hydrazone groups is 1. The monoisotopic (exact) mass is 492 g/mol. The van der Waals surface area contributed by atoms with Gasteiger partial charge in [0.15, 0.2) is 0 Å². The molecule has 0 radical (unpaired) electrons. The Balaban J connectivity index is 1.63. The van der Waals surface area contributed by atoms with E-state index in [0.29, 0.717) is 23.6 Å². The Morgan fingerprint density at radius 2 is 1.86 bits per heavy atom. The Bertz CT molecular complexity index is 1240. The van der Waals surface area contributed by atoms with E-state index in [1.807, 2.05) is 61.1 Å². The molecule has 182 valence electrons. The molecule has 7 nitrogen and oxygen atoms in total. The standard InChI is InChI=1S/C27H29ClN4O3/c1-19-10-12-20(13-11-19)25-17-23(24-9-6-14-30(24)2)29-32(25)26(33)18-31(15-16-35-3)27(34)21-7-4-5-8-22(21)28/h4-14,25H,15-18H2,1-3H3/t25-/m1/s1. The summed E-state index contributed by atoms with van der Waals surface area (Å²) in [6, 6.07) is 18.6. The molecule has 1 aliphatic rings. The van der Waals surface area contributed by atoms with E-state index in [1.54, 1.807) is 31.4 Å². The predicted octanol–water partition coefficient (Wildman–Crippen LogP) is 4.45. The maximum absolute atomic E-state index is 13.6. The molecule has 2 aromatic carbocycles. The van der Waals surface area contributed by atoms with Crippen LogP contribution in [0.5, 0.6) is 0 Å². The molecule has 2 heterocycles. The molecular weight excluding hydrogens is 464 g/mol. The van der Waals surface area contributed by atoms with Gasteiger partial charge in [-0.25, -0.2) is 5.01 Å². The van der Waals surface area contributed by atoms with Gasteiger partial charge in [0.25, 0.3) is 11.8 Å².